The maximum absolute atomic E-state index is 13.5. The van der Waals surface area contributed by atoms with E-state index in [1.54, 1.807) is 17.0 Å². The van der Waals surface area contributed by atoms with Gasteiger partial charge in [-0.1, -0.05) is 29.8 Å². The average molecular weight is 445 g/mol. The molecule has 1 saturated heterocycles. The van der Waals surface area contributed by atoms with E-state index in [4.69, 9.17) is 9.73 Å². The van der Waals surface area contributed by atoms with Gasteiger partial charge in [0.2, 0.25) is 0 Å². The second-order valence-electron chi connectivity index (χ2n) is 8.43. The van der Waals surface area contributed by atoms with Crippen LogP contribution in [0.5, 0.6) is 11.5 Å². The van der Waals surface area contributed by atoms with Gasteiger partial charge in [0.05, 0.1) is 5.56 Å². The zero-order chi connectivity index (χ0) is 22.9. The maximum Gasteiger partial charge on any atom is 0.322 e. The quantitative estimate of drug-likeness (QED) is 0.535. The van der Waals surface area contributed by atoms with Gasteiger partial charge in [0.1, 0.15) is 23.1 Å². The number of fused-ring (bicyclic) bond motifs is 2. The maximum atomic E-state index is 13.5. The van der Waals surface area contributed by atoms with Crippen LogP contribution >= 0.6 is 0 Å². The van der Waals surface area contributed by atoms with Gasteiger partial charge < -0.3 is 19.9 Å². The van der Waals surface area contributed by atoms with Gasteiger partial charge >= 0.3 is 6.03 Å². The highest BCUT2D eigenvalue weighted by atomic mass is 19.1. The van der Waals surface area contributed by atoms with Gasteiger partial charge in [-0.25, -0.2) is 14.2 Å². The highest BCUT2D eigenvalue weighted by molar-refractivity contribution is 6.04. The summed E-state index contributed by atoms with van der Waals surface area (Å²) in [6.45, 7) is 5.81. The number of urea groups is 1. The Kier molecular flexibility index (Phi) is 5.46. The Morgan fingerprint density at radius 2 is 1.91 bits per heavy atom. The standard InChI is InChI=1S/C26H25FN4O2/c1-17-10-11-23-21(14-17)25(29-22-8-3-4-9-24(22)33-23)30-12-13-31(18(2)16-30)26(32)28-20-7-5-6-19(27)15-20/h3-11,14-15,18H,12-13,16H2,1-2H3,(H,28,32)/t18-/m1/s1. The van der Waals surface area contributed by atoms with Crippen LogP contribution in [0.15, 0.2) is 71.7 Å². The molecule has 1 fully saturated rings. The molecule has 0 bridgehead atoms. The van der Waals surface area contributed by atoms with Crippen molar-refractivity contribution in [2.24, 2.45) is 4.99 Å². The van der Waals surface area contributed by atoms with Crippen molar-refractivity contribution < 1.29 is 13.9 Å². The molecular formula is C26H25FN4O2. The summed E-state index contributed by atoms with van der Waals surface area (Å²) in [4.78, 5) is 21.8. The lowest BCUT2D eigenvalue weighted by Gasteiger charge is -2.41. The summed E-state index contributed by atoms with van der Waals surface area (Å²) in [6.07, 6.45) is 0. The summed E-state index contributed by atoms with van der Waals surface area (Å²) in [5.74, 6) is 1.95. The van der Waals surface area contributed by atoms with Gasteiger partial charge in [0, 0.05) is 31.4 Å². The first kappa shape index (κ1) is 21.0. The number of nitrogens with one attached hydrogen (secondary N) is 1. The van der Waals surface area contributed by atoms with Crippen molar-refractivity contribution in [3.05, 3.63) is 83.7 Å². The summed E-state index contributed by atoms with van der Waals surface area (Å²) in [5, 5.41) is 2.80. The first-order chi connectivity index (χ1) is 16.0. The molecule has 3 aromatic carbocycles. The summed E-state index contributed by atoms with van der Waals surface area (Å²) in [7, 11) is 0. The van der Waals surface area contributed by atoms with E-state index >= 15 is 0 Å². The molecule has 2 aliphatic heterocycles. The van der Waals surface area contributed by atoms with Crippen LogP contribution in [0.25, 0.3) is 0 Å². The molecule has 168 valence electrons. The molecule has 2 amide bonds. The molecule has 33 heavy (non-hydrogen) atoms. The van der Waals surface area contributed by atoms with E-state index in [1.165, 1.54) is 12.1 Å². The van der Waals surface area contributed by atoms with Crippen molar-refractivity contribution in [3.63, 3.8) is 0 Å². The number of piperazine rings is 1. The van der Waals surface area contributed by atoms with Crippen LogP contribution in [-0.2, 0) is 0 Å². The Morgan fingerprint density at radius 3 is 2.73 bits per heavy atom. The van der Waals surface area contributed by atoms with Gasteiger partial charge in [0.15, 0.2) is 5.75 Å². The van der Waals surface area contributed by atoms with Gasteiger partial charge in [-0.3, -0.25) is 0 Å². The molecule has 3 aromatic rings. The number of anilines is 1. The van der Waals surface area contributed by atoms with Crippen molar-refractivity contribution in [1.29, 1.82) is 0 Å². The van der Waals surface area contributed by atoms with E-state index in [-0.39, 0.29) is 17.9 Å². The molecule has 5 rings (SSSR count). The number of carbonyl (C=O) groups excluding carboxylic acids is 1. The number of aliphatic imine (C=N–C) groups is 1. The topological polar surface area (TPSA) is 57.2 Å². The molecule has 7 heteroatoms. The van der Waals surface area contributed by atoms with Crippen molar-refractivity contribution in [2.75, 3.05) is 25.0 Å². The molecule has 6 nitrogen and oxygen atoms in total. The number of hydrogen-bond acceptors (Lipinski definition) is 4. The van der Waals surface area contributed by atoms with E-state index in [2.05, 4.69) is 16.3 Å². The van der Waals surface area contributed by atoms with Crippen molar-refractivity contribution in [2.45, 2.75) is 19.9 Å². The van der Waals surface area contributed by atoms with Crippen LogP contribution in [-0.4, -0.2) is 47.3 Å². The minimum absolute atomic E-state index is 0.0670. The van der Waals surface area contributed by atoms with E-state index in [1.807, 2.05) is 50.2 Å². The molecule has 1 N–H and O–H groups in total. The minimum atomic E-state index is -0.381. The van der Waals surface area contributed by atoms with Crippen LogP contribution < -0.4 is 10.1 Å². The Morgan fingerprint density at radius 1 is 1.06 bits per heavy atom. The molecule has 0 spiro atoms. The molecule has 0 aromatic heterocycles. The van der Waals surface area contributed by atoms with Gasteiger partial charge in [0.25, 0.3) is 0 Å². The van der Waals surface area contributed by atoms with Crippen molar-refractivity contribution in [1.82, 2.24) is 9.80 Å². The lowest BCUT2D eigenvalue weighted by atomic mass is 10.1. The number of para-hydroxylation sites is 2. The predicted octanol–water partition coefficient (Wildman–Crippen LogP) is 5.56. The molecule has 1 atom stereocenters. The molecule has 0 unspecified atom stereocenters. The number of nitrogens with zero attached hydrogens (tertiary/aromatic N) is 3. The number of amidine groups is 1. The molecular weight excluding hydrogens is 419 g/mol. The van der Waals surface area contributed by atoms with Gasteiger partial charge in [-0.2, -0.15) is 0 Å². The van der Waals surface area contributed by atoms with Gasteiger partial charge in [-0.05, 0) is 56.3 Å². The molecule has 0 aliphatic carbocycles. The van der Waals surface area contributed by atoms with Gasteiger partial charge in [-0.15, -0.1) is 0 Å². The number of amides is 2. The minimum Gasteiger partial charge on any atom is -0.454 e. The number of halogens is 1. The Balaban J connectivity index is 1.40. The van der Waals surface area contributed by atoms with E-state index < -0.39 is 0 Å². The predicted molar refractivity (Wildman–Crippen MR) is 127 cm³/mol. The zero-order valence-corrected chi connectivity index (χ0v) is 18.6. The SMILES string of the molecule is Cc1ccc2c(c1)C(N1CCN(C(=O)Nc3cccc(F)c3)[C@H](C)C1)=Nc1ccccc1O2. The number of benzene rings is 3. The third-order valence-electron chi connectivity index (χ3n) is 5.95. The summed E-state index contributed by atoms with van der Waals surface area (Å²) in [5.41, 5.74) is 3.29. The highest BCUT2D eigenvalue weighted by Gasteiger charge is 2.31. The second kappa shape index (κ2) is 8.58. The lowest BCUT2D eigenvalue weighted by Crippen LogP contribution is -2.56. The van der Waals surface area contributed by atoms with Crippen molar-refractivity contribution >= 4 is 23.2 Å². The molecule has 0 saturated carbocycles. The molecule has 0 radical (unpaired) electrons. The first-order valence-electron chi connectivity index (χ1n) is 11.0. The third-order valence-corrected chi connectivity index (χ3v) is 5.95. The smallest absolute Gasteiger partial charge is 0.322 e. The fraction of sp³-hybridized carbons (Fsp3) is 0.231. The van der Waals surface area contributed by atoms with Crippen LogP contribution in [0, 0.1) is 12.7 Å². The van der Waals surface area contributed by atoms with E-state index in [9.17, 15) is 9.18 Å². The highest BCUT2D eigenvalue weighted by Crippen LogP contribution is 2.38. The Labute approximate surface area is 192 Å². The number of aryl methyl sites for hydroxylation is 1. The van der Waals surface area contributed by atoms with Crippen LogP contribution in [0.3, 0.4) is 0 Å². The normalized spacial score (nSPS) is 17.3. The van der Waals surface area contributed by atoms with Crippen molar-refractivity contribution in [3.8, 4) is 11.5 Å². The number of rotatable bonds is 1. The van der Waals surface area contributed by atoms with Crippen LogP contribution in [0.1, 0.15) is 18.1 Å². The summed E-state index contributed by atoms with van der Waals surface area (Å²) >= 11 is 0. The zero-order valence-electron chi connectivity index (χ0n) is 18.6. The van der Waals surface area contributed by atoms with Crippen LogP contribution in [0.2, 0.25) is 0 Å². The molecule has 2 heterocycles. The van der Waals surface area contributed by atoms with E-state index in [0.717, 1.165) is 34.1 Å². The second-order valence-corrected chi connectivity index (χ2v) is 8.43. The Bertz CT molecular complexity index is 1240. The summed E-state index contributed by atoms with van der Waals surface area (Å²) < 4.78 is 19.7. The third kappa shape index (κ3) is 4.26. The van der Waals surface area contributed by atoms with E-state index in [0.29, 0.717) is 25.3 Å². The van der Waals surface area contributed by atoms with Crippen LogP contribution in [0.4, 0.5) is 20.6 Å². The monoisotopic (exact) mass is 444 g/mol. The number of ether oxygens (including phenoxy) is 1. The first-order valence-corrected chi connectivity index (χ1v) is 11.0. The average Bonchev–Trinajstić information content (AvgIpc) is 2.95. The number of hydrogen-bond donors (Lipinski definition) is 1. The lowest BCUT2D eigenvalue weighted by molar-refractivity contribution is 0.145. The summed E-state index contributed by atoms with van der Waals surface area (Å²) in [6, 6.07) is 19.5. The number of carbonyl (C=O) groups is 1. The Hall–Kier alpha value is -3.87. The fourth-order valence-corrected chi connectivity index (χ4v) is 4.29. The fourth-order valence-electron chi connectivity index (χ4n) is 4.29. The largest absolute Gasteiger partial charge is 0.454 e. The molecule has 2 aliphatic rings.